The third kappa shape index (κ3) is 2.36. The van der Waals surface area contributed by atoms with E-state index in [0.717, 1.165) is 0 Å². The van der Waals surface area contributed by atoms with Crippen LogP contribution in [0.1, 0.15) is 5.56 Å². The van der Waals surface area contributed by atoms with E-state index in [0.29, 0.717) is 0 Å². The van der Waals surface area contributed by atoms with Gasteiger partial charge in [0.15, 0.2) is 0 Å². The summed E-state index contributed by atoms with van der Waals surface area (Å²) in [5.41, 5.74) is 1.32. The number of hydrogen-bond donors (Lipinski definition) is 0. The van der Waals surface area contributed by atoms with Crippen LogP contribution in [0, 0.1) is 6.92 Å². The fourth-order valence-electron chi connectivity index (χ4n) is 1.12. The Bertz CT molecular complexity index is 377. The van der Waals surface area contributed by atoms with Crippen LogP contribution in [0.25, 0.3) is 0 Å². The van der Waals surface area contributed by atoms with Crippen molar-refractivity contribution in [1.29, 1.82) is 0 Å². The summed E-state index contributed by atoms with van der Waals surface area (Å²) in [7, 11) is 0. The lowest BCUT2D eigenvalue weighted by Crippen LogP contribution is -1.73. The van der Waals surface area contributed by atoms with Gasteiger partial charge in [0.1, 0.15) is 0 Å². The van der Waals surface area contributed by atoms with Crippen LogP contribution in [0.4, 0.5) is 0 Å². The molecule has 1 aromatic carbocycles. The molecule has 0 bridgehead atoms. The van der Waals surface area contributed by atoms with Crippen LogP contribution in [-0.2, 0) is 0 Å². The highest BCUT2D eigenvalue weighted by Gasteiger charge is 1.96. The summed E-state index contributed by atoms with van der Waals surface area (Å²) < 4.78 is 0. The Labute approximate surface area is 86.6 Å². The number of thiophene rings is 1. The molecule has 0 nitrogen and oxygen atoms in total. The van der Waals surface area contributed by atoms with Crippen LogP contribution in [0.2, 0.25) is 0 Å². The van der Waals surface area contributed by atoms with Gasteiger partial charge in [0.25, 0.3) is 0 Å². The number of benzene rings is 1. The molecule has 2 rings (SSSR count). The predicted octanol–water partition coefficient (Wildman–Crippen LogP) is 4.21. The molecule has 0 aliphatic rings. The van der Waals surface area contributed by atoms with Crippen LogP contribution in [-0.4, -0.2) is 0 Å². The highest BCUT2D eigenvalue weighted by molar-refractivity contribution is 7.99. The molecule has 0 saturated carbocycles. The minimum Gasteiger partial charge on any atom is -0.151 e. The van der Waals surface area contributed by atoms with E-state index >= 15 is 0 Å². The summed E-state index contributed by atoms with van der Waals surface area (Å²) in [6.07, 6.45) is 0. The summed E-state index contributed by atoms with van der Waals surface area (Å²) >= 11 is 3.56. The van der Waals surface area contributed by atoms with E-state index in [1.54, 1.807) is 11.3 Å². The average Bonchev–Trinajstić information content (AvgIpc) is 2.57. The van der Waals surface area contributed by atoms with E-state index in [-0.39, 0.29) is 0 Å². The van der Waals surface area contributed by atoms with Gasteiger partial charge in [-0.25, -0.2) is 0 Å². The van der Waals surface area contributed by atoms with Crippen molar-refractivity contribution in [3.63, 3.8) is 0 Å². The number of hydrogen-bond acceptors (Lipinski definition) is 2. The Balaban J connectivity index is 2.19. The first-order valence-corrected chi connectivity index (χ1v) is 5.87. The third-order valence-electron chi connectivity index (χ3n) is 1.72. The molecule has 0 fully saturated rings. The largest absolute Gasteiger partial charge is 0.151 e. The SMILES string of the molecule is Cc1cccc(Sc2ccsc2)c1. The zero-order valence-corrected chi connectivity index (χ0v) is 8.99. The lowest BCUT2D eigenvalue weighted by atomic mass is 10.2. The molecule has 2 heteroatoms. The molecule has 0 N–H and O–H groups in total. The first kappa shape index (κ1) is 8.85. The smallest absolute Gasteiger partial charge is 0.0229 e. The number of rotatable bonds is 2. The lowest BCUT2D eigenvalue weighted by molar-refractivity contribution is 1.35. The average molecular weight is 206 g/mol. The normalized spacial score (nSPS) is 10.2. The van der Waals surface area contributed by atoms with Crippen molar-refractivity contribution in [1.82, 2.24) is 0 Å². The van der Waals surface area contributed by atoms with Crippen molar-refractivity contribution < 1.29 is 0 Å². The second-order valence-electron chi connectivity index (χ2n) is 2.88. The maximum Gasteiger partial charge on any atom is 0.0229 e. The Hall–Kier alpha value is -0.730. The fraction of sp³-hybridized carbons (Fsp3) is 0.0909. The molecule has 1 aromatic heterocycles. The van der Waals surface area contributed by atoms with Gasteiger partial charge in [0.2, 0.25) is 0 Å². The fourth-order valence-corrected chi connectivity index (χ4v) is 2.89. The zero-order valence-electron chi connectivity index (χ0n) is 7.36. The highest BCUT2D eigenvalue weighted by Crippen LogP contribution is 2.29. The topological polar surface area (TPSA) is 0 Å². The molecule has 2 aromatic rings. The van der Waals surface area contributed by atoms with Crippen molar-refractivity contribution in [2.24, 2.45) is 0 Å². The van der Waals surface area contributed by atoms with Gasteiger partial charge in [-0.1, -0.05) is 29.5 Å². The quantitative estimate of drug-likeness (QED) is 0.709. The Kier molecular flexibility index (Phi) is 2.71. The van der Waals surface area contributed by atoms with E-state index < -0.39 is 0 Å². The first-order chi connectivity index (χ1) is 6.34. The second-order valence-corrected chi connectivity index (χ2v) is 4.80. The molecule has 0 aliphatic heterocycles. The molecule has 0 unspecified atom stereocenters. The zero-order chi connectivity index (χ0) is 9.10. The van der Waals surface area contributed by atoms with Crippen LogP contribution >= 0.6 is 23.1 Å². The van der Waals surface area contributed by atoms with E-state index in [4.69, 9.17) is 0 Å². The van der Waals surface area contributed by atoms with E-state index in [1.165, 1.54) is 15.4 Å². The summed E-state index contributed by atoms with van der Waals surface area (Å²) in [5, 5.41) is 4.28. The molecule has 0 saturated heterocycles. The molecule has 66 valence electrons. The third-order valence-corrected chi connectivity index (χ3v) is 3.53. The van der Waals surface area contributed by atoms with Gasteiger partial charge in [0, 0.05) is 15.2 Å². The molecular weight excluding hydrogens is 196 g/mol. The maximum atomic E-state index is 2.21. The van der Waals surface area contributed by atoms with Crippen molar-refractivity contribution in [3.8, 4) is 0 Å². The Morgan fingerprint density at radius 3 is 2.77 bits per heavy atom. The predicted molar refractivity (Wildman–Crippen MR) is 59.6 cm³/mol. The molecule has 0 atom stereocenters. The van der Waals surface area contributed by atoms with Crippen molar-refractivity contribution in [2.75, 3.05) is 0 Å². The molecule has 0 radical (unpaired) electrons. The van der Waals surface area contributed by atoms with E-state index in [1.807, 2.05) is 11.8 Å². The summed E-state index contributed by atoms with van der Waals surface area (Å²) in [6.45, 7) is 2.12. The maximum absolute atomic E-state index is 2.21. The Morgan fingerprint density at radius 1 is 1.15 bits per heavy atom. The van der Waals surface area contributed by atoms with Crippen LogP contribution in [0.5, 0.6) is 0 Å². The highest BCUT2D eigenvalue weighted by atomic mass is 32.2. The van der Waals surface area contributed by atoms with Gasteiger partial charge in [-0.3, -0.25) is 0 Å². The van der Waals surface area contributed by atoms with Crippen molar-refractivity contribution >= 4 is 23.1 Å². The molecule has 0 spiro atoms. The second kappa shape index (κ2) is 3.99. The first-order valence-electron chi connectivity index (χ1n) is 4.11. The van der Waals surface area contributed by atoms with E-state index in [2.05, 4.69) is 48.0 Å². The molecule has 1 heterocycles. The van der Waals surface area contributed by atoms with Gasteiger partial charge in [-0.15, -0.1) is 0 Å². The van der Waals surface area contributed by atoms with Gasteiger partial charge in [-0.2, -0.15) is 11.3 Å². The van der Waals surface area contributed by atoms with Gasteiger partial charge in [-0.05, 0) is 30.5 Å². The molecule has 0 aliphatic carbocycles. The molecule has 0 amide bonds. The summed E-state index contributed by atoms with van der Waals surface area (Å²) in [6, 6.07) is 10.7. The van der Waals surface area contributed by atoms with Crippen LogP contribution in [0.3, 0.4) is 0 Å². The van der Waals surface area contributed by atoms with E-state index in [9.17, 15) is 0 Å². The van der Waals surface area contributed by atoms with Gasteiger partial charge < -0.3 is 0 Å². The molecule has 13 heavy (non-hydrogen) atoms. The lowest BCUT2D eigenvalue weighted by Gasteiger charge is -1.99. The minimum absolute atomic E-state index is 1.32. The Morgan fingerprint density at radius 2 is 2.08 bits per heavy atom. The molecular formula is C11H10S2. The minimum atomic E-state index is 1.32. The van der Waals surface area contributed by atoms with Crippen LogP contribution < -0.4 is 0 Å². The monoisotopic (exact) mass is 206 g/mol. The van der Waals surface area contributed by atoms with Crippen LogP contribution in [0.15, 0.2) is 50.9 Å². The summed E-state index contributed by atoms with van der Waals surface area (Å²) in [4.78, 5) is 2.65. The van der Waals surface area contributed by atoms with Gasteiger partial charge >= 0.3 is 0 Å². The van der Waals surface area contributed by atoms with Crippen molar-refractivity contribution in [2.45, 2.75) is 16.7 Å². The standard InChI is InChI=1S/C11H10S2/c1-9-3-2-4-10(7-9)13-11-5-6-12-8-11/h2-8H,1H3. The summed E-state index contributed by atoms with van der Waals surface area (Å²) in [5.74, 6) is 0. The van der Waals surface area contributed by atoms with Crippen molar-refractivity contribution in [3.05, 3.63) is 46.7 Å². The number of aryl methyl sites for hydroxylation is 1. The van der Waals surface area contributed by atoms with Gasteiger partial charge in [0.05, 0.1) is 0 Å².